The van der Waals surface area contributed by atoms with Gasteiger partial charge >= 0.3 is 0 Å². The van der Waals surface area contributed by atoms with Gasteiger partial charge in [0, 0.05) is 30.4 Å². The van der Waals surface area contributed by atoms with Crippen LogP contribution in [-0.4, -0.2) is 27.3 Å². The first-order chi connectivity index (χ1) is 8.76. The highest BCUT2D eigenvalue weighted by molar-refractivity contribution is 5.81. The Morgan fingerprint density at radius 3 is 2.63 bits per heavy atom. The molecule has 108 valence electrons. The summed E-state index contributed by atoms with van der Waals surface area (Å²) in [7, 11) is 1.92. The molecule has 0 spiro atoms. The van der Waals surface area contributed by atoms with E-state index in [1.165, 1.54) is 0 Å². The lowest BCUT2D eigenvalue weighted by molar-refractivity contribution is -0.124. The molecule has 0 saturated heterocycles. The topological polar surface area (TPSA) is 59.0 Å². The molecule has 0 aromatic carbocycles. The summed E-state index contributed by atoms with van der Waals surface area (Å²) in [5.74, 6) is 0.0355. The standard InChI is InChI=1S/C14H26N4O/c1-7-14(4,5)17-13(19)10(2)15-8-12-9-16-18(6)11(12)3/h9-10,15H,7-8H2,1-6H3,(H,17,19). The van der Waals surface area contributed by atoms with Crippen molar-refractivity contribution in [1.82, 2.24) is 20.4 Å². The van der Waals surface area contributed by atoms with Gasteiger partial charge in [0.05, 0.1) is 12.2 Å². The van der Waals surface area contributed by atoms with E-state index in [4.69, 9.17) is 0 Å². The van der Waals surface area contributed by atoms with Gasteiger partial charge in [-0.1, -0.05) is 6.92 Å². The van der Waals surface area contributed by atoms with Crippen LogP contribution in [0.5, 0.6) is 0 Å². The molecule has 0 bridgehead atoms. The minimum atomic E-state index is -0.217. The molecule has 0 saturated carbocycles. The second-order valence-corrected chi connectivity index (χ2v) is 5.71. The monoisotopic (exact) mass is 266 g/mol. The number of hydrogen-bond acceptors (Lipinski definition) is 3. The summed E-state index contributed by atoms with van der Waals surface area (Å²) in [6.07, 6.45) is 2.75. The van der Waals surface area contributed by atoms with Crippen molar-refractivity contribution in [3.05, 3.63) is 17.5 Å². The molecule has 2 N–H and O–H groups in total. The largest absolute Gasteiger partial charge is 0.350 e. The number of nitrogens with one attached hydrogen (secondary N) is 2. The second kappa shape index (κ2) is 6.19. The fourth-order valence-corrected chi connectivity index (χ4v) is 1.60. The summed E-state index contributed by atoms with van der Waals surface area (Å²) in [5, 5.41) is 10.5. The average Bonchev–Trinajstić information content (AvgIpc) is 2.66. The third kappa shape index (κ3) is 4.35. The van der Waals surface area contributed by atoms with Gasteiger partial charge in [-0.25, -0.2) is 0 Å². The maximum absolute atomic E-state index is 12.0. The Labute approximate surface area is 115 Å². The molecule has 0 aliphatic heterocycles. The van der Waals surface area contributed by atoms with E-state index >= 15 is 0 Å². The van der Waals surface area contributed by atoms with Gasteiger partial charge in [-0.3, -0.25) is 9.48 Å². The van der Waals surface area contributed by atoms with Crippen molar-refractivity contribution in [2.75, 3.05) is 0 Å². The number of carbonyl (C=O) groups excluding carboxylic acids is 1. The Balaban J connectivity index is 2.49. The fraction of sp³-hybridized carbons (Fsp3) is 0.714. The Bertz CT molecular complexity index is 437. The van der Waals surface area contributed by atoms with Crippen LogP contribution >= 0.6 is 0 Å². The third-order valence-electron chi connectivity index (χ3n) is 3.67. The lowest BCUT2D eigenvalue weighted by atomic mass is 10.0. The quantitative estimate of drug-likeness (QED) is 0.820. The van der Waals surface area contributed by atoms with E-state index in [0.29, 0.717) is 6.54 Å². The van der Waals surface area contributed by atoms with Gasteiger partial charge in [-0.2, -0.15) is 5.10 Å². The van der Waals surface area contributed by atoms with Crippen LogP contribution in [0.1, 0.15) is 45.4 Å². The molecule has 1 rings (SSSR count). The first kappa shape index (κ1) is 15.7. The first-order valence-corrected chi connectivity index (χ1v) is 6.79. The van der Waals surface area contributed by atoms with Crippen molar-refractivity contribution < 1.29 is 4.79 Å². The number of carbonyl (C=O) groups is 1. The second-order valence-electron chi connectivity index (χ2n) is 5.71. The Hall–Kier alpha value is -1.36. The van der Waals surface area contributed by atoms with Crippen LogP contribution in [0.3, 0.4) is 0 Å². The van der Waals surface area contributed by atoms with Crippen molar-refractivity contribution in [2.24, 2.45) is 7.05 Å². The van der Waals surface area contributed by atoms with Gasteiger partial charge in [0.1, 0.15) is 0 Å². The number of rotatable bonds is 6. The highest BCUT2D eigenvalue weighted by atomic mass is 16.2. The molecule has 1 unspecified atom stereocenters. The fourth-order valence-electron chi connectivity index (χ4n) is 1.60. The van der Waals surface area contributed by atoms with Crippen molar-refractivity contribution in [3.8, 4) is 0 Å². The zero-order chi connectivity index (χ0) is 14.6. The summed E-state index contributed by atoms with van der Waals surface area (Å²) in [5.41, 5.74) is 2.09. The van der Waals surface area contributed by atoms with Gasteiger partial charge in [-0.05, 0) is 34.1 Å². The van der Waals surface area contributed by atoms with E-state index < -0.39 is 0 Å². The van der Waals surface area contributed by atoms with Gasteiger partial charge in [0.15, 0.2) is 0 Å². The predicted octanol–water partition coefficient (Wildman–Crippen LogP) is 1.51. The molecule has 0 aliphatic rings. The normalized spacial score (nSPS) is 13.4. The maximum Gasteiger partial charge on any atom is 0.237 e. The summed E-state index contributed by atoms with van der Waals surface area (Å²) in [6.45, 7) is 10.7. The van der Waals surface area contributed by atoms with E-state index in [0.717, 1.165) is 17.7 Å². The lowest BCUT2D eigenvalue weighted by Gasteiger charge is -2.26. The maximum atomic E-state index is 12.0. The molecule has 1 aromatic rings. The number of hydrogen-bond donors (Lipinski definition) is 2. The van der Waals surface area contributed by atoms with E-state index in [-0.39, 0.29) is 17.5 Å². The first-order valence-electron chi connectivity index (χ1n) is 6.79. The zero-order valence-corrected chi connectivity index (χ0v) is 12.9. The zero-order valence-electron chi connectivity index (χ0n) is 12.9. The summed E-state index contributed by atoms with van der Waals surface area (Å²) < 4.78 is 1.84. The summed E-state index contributed by atoms with van der Waals surface area (Å²) >= 11 is 0. The SMILES string of the molecule is CCC(C)(C)NC(=O)C(C)NCc1cnn(C)c1C. The highest BCUT2D eigenvalue weighted by Crippen LogP contribution is 2.08. The molecule has 1 atom stereocenters. The molecule has 19 heavy (non-hydrogen) atoms. The molecule has 5 nitrogen and oxygen atoms in total. The molecule has 1 aromatic heterocycles. The van der Waals surface area contributed by atoms with Crippen LogP contribution in [0, 0.1) is 6.92 Å². The molecule has 0 fully saturated rings. The van der Waals surface area contributed by atoms with Crippen LogP contribution in [0.4, 0.5) is 0 Å². The van der Waals surface area contributed by atoms with Crippen LogP contribution in [-0.2, 0) is 18.4 Å². The van der Waals surface area contributed by atoms with Gasteiger partial charge in [0.25, 0.3) is 0 Å². The van der Waals surface area contributed by atoms with Gasteiger partial charge in [-0.15, -0.1) is 0 Å². The van der Waals surface area contributed by atoms with Gasteiger partial charge in [0.2, 0.25) is 5.91 Å². The number of amides is 1. The Kier molecular flexibility index (Phi) is 5.11. The smallest absolute Gasteiger partial charge is 0.237 e. The van der Waals surface area contributed by atoms with Crippen LogP contribution in [0.2, 0.25) is 0 Å². The number of aryl methyl sites for hydroxylation is 1. The molecular weight excluding hydrogens is 240 g/mol. The van der Waals surface area contributed by atoms with Crippen molar-refractivity contribution >= 4 is 5.91 Å². The van der Waals surface area contributed by atoms with Gasteiger partial charge < -0.3 is 10.6 Å². The van der Waals surface area contributed by atoms with Crippen LogP contribution < -0.4 is 10.6 Å². The summed E-state index contributed by atoms with van der Waals surface area (Å²) in [6, 6.07) is -0.217. The van der Waals surface area contributed by atoms with E-state index in [9.17, 15) is 4.79 Å². The lowest BCUT2D eigenvalue weighted by Crippen LogP contribution is -2.50. The summed E-state index contributed by atoms with van der Waals surface area (Å²) in [4.78, 5) is 12.0. The molecule has 1 amide bonds. The van der Waals surface area contributed by atoms with Crippen LogP contribution in [0.15, 0.2) is 6.20 Å². The average molecular weight is 266 g/mol. The predicted molar refractivity (Wildman–Crippen MR) is 76.8 cm³/mol. The Morgan fingerprint density at radius 1 is 1.53 bits per heavy atom. The third-order valence-corrected chi connectivity index (χ3v) is 3.67. The molecule has 0 radical (unpaired) electrons. The van der Waals surface area contributed by atoms with E-state index in [2.05, 4.69) is 22.7 Å². The molecule has 5 heteroatoms. The van der Waals surface area contributed by atoms with Crippen molar-refractivity contribution in [3.63, 3.8) is 0 Å². The number of aromatic nitrogens is 2. The molecular formula is C14H26N4O. The van der Waals surface area contributed by atoms with E-state index in [1.807, 2.05) is 45.6 Å². The number of nitrogens with zero attached hydrogens (tertiary/aromatic N) is 2. The van der Waals surface area contributed by atoms with Crippen LogP contribution in [0.25, 0.3) is 0 Å². The Morgan fingerprint density at radius 2 is 2.16 bits per heavy atom. The minimum absolute atomic E-state index is 0.0355. The molecule has 1 heterocycles. The minimum Gasteiger partial charge on any atom is -0.350 e. The van der Waals surface area contributed by atoms with Crippen molar-refractivity contribution in [2.45, 2.75) is 59.2 Å². The van der Waals surface area contributed by atoms with E-state index in [1.54, 1.807) is 0 Å². The van der Waals surface area contributed by atoms with Crippen molar-refractivity contribution in [1.29, 1.82) is 0 Å². The molecule has 0 aliphatic carbocycles. The highest BCUT2D eigenvalue weighted by Gasteiger charge is 2.21.